The highest BCUT2D eigenvalue weighted by Crippen LogP contribution is 2.25. The Bertz CT molecular complexity index is 356. The Morgan fingerprint density at radius 2 is 1.83 bits per heavy atom. The van der Waals surface area contributed by atoms with Crippen molar-refractivity contribution in [2.75, 3.05) is 0 Å². The predicted octanol–water partition coefficient (Wildman–Crippen LogP) is 3.93. The van der Waals surface area contributed by atoms with E-state index in [-0.39, 0.29) is 5.88 Å². The Kier molecular flexibility index (Phi) is 6.23. The maximum atomic E-state index is 10.0. The van der Waals surface area contributed by atoms with Crippen molar-refractivity contribution in [2.24, 2.45) is 5.92 Å². The van der Waals surface area contributed by atoms with Gasteiger partial charge in [-0.15, -0.1) is 5.10 Å². The normalized spacial score (nSPS) is 11.4. The first kappa shape index (κ1) is 15.1. The monoisotopic (exact) mass is 252 g/mol. The zero-order valence-electron chi connectivity index (χ0n) is 12.4. The number of hydrogen-bond acceptors (Lipinski definition) is 2. The van der Waals surface area contributed by atoms with E-state index in [4.69, 9.17) is 0 Å². The Labute approximate surface area is 111 Å². The number of rotatable bonds is 8. The molecule has 1 N–H and O–H groups in total. The van der Waals surface area contributed by atoms with Gasteiger partial charge in [0.1, 0.15) is 0 Å². The first-order valence-electron chi connectivity index (χ1n) is 7.37. The molecule has 0 bridgehead atoms. The Morgan fingerprint density at radius 3 is 2.39 bits per heavy atom. The molecule has 0 fully saturated rings. The third-order valence-corrected chi connectivity index (χ3v) is 3.25. The van der Waals surface area contributed by atoms with Gasteiger partial charge in [0, 0.05) is 17.8 Å². The van der Waals surface area contributed by atoms with Crippen LogP contribution in [0.2, 0.25) is 0 Å². The fourth-order valence-electron chi connectivity index (χ4n) is 2.24. The summed E-state index contributed by atoms with van der Waals surface area (Å²) in [6.45, 7) is 9.73. The molecule has 1 aromatic rings. The molecular formula is C15H28N2O. The highest BCUT2D eigenvalue weighted by atomic mass is 16.3. The van der Waals surface area contributed by atoms with Crippen LogP contribution < -0.4 is 0 Å². The van der Waals surface area contributed by atoms with Crippen molar-refractivity contribution in [1.29, 1.82) is 0 Å². The Balaban J connectivity index is 2.94. The highest BCUT2D eigenvalue weighted by molar-refractivity contribution is 5.31. The van der Waals surface area contributed by atoms with Gasteiger partial charge >= 0.3 is 0 Å². The summed E-state index contributed by atoms with van der Waals surface area (Å²) in [7, 11) is 0. The van der Waals surface area contributed by atoms with E-state index in [0.29, 0.717) is 5.92 Å². The lowest BCUT2D eigenvalue weighted by Gasteiger charge is -2.11. The molecule has 0 saturated heterocycles. The van der Waals surface area contributed by atoms with Crippen molar-refractivity contribution in [1.82, 2.24) is 9.78 Å². The van der Waals surface area contributed by atoms with Crippen LogP contribution in [-0.2, 0) is 19.4 Å². The summed E-state index contributed by atoms with van der Waals surface area (Å²) in [5.74, 6) is 0.858. The molecule has 0 aromatic carbocycles. The number of unbranched alkanes of at least 4 members (excludes halogenated alkanes) is 2. The maximum Gasteiger partial charge on any atom is 0.233 e. The van der Waals surface area contributed by atoms with E-state index in [9.17, 15) is 5.11 Å². The van der Waals surface area contributed by atoms with E-state index in [1.54, 1.807) is 0 Å². The van der Waals surface area contributed by atoms with Crippen LogP contribution in [0.3, 0.4) is 0 Å². The molecule has 0 aliphatic rings. The molecule has 0 unspecified atom stereocenters. The standard InChI is InChI=1S/C15H28N2O/c1-5-7-9-13-14(11-12(3)4)17(10-8-6-2)16-15(13)18/h12H,5-11H2,1-4H3,(H,16,18). The number of aryl methyl sites for hydroxylation is 1. The SMILES string of the molecule is CCCCc1c(O)nn(CCCC)c1CC(C)C. The molecule has 0 radical (unpaired) electrons. The third kappa shape index (κ3) is 4.04. The molecule has 0 amide bonds. The second kappa shape index (κ2) is 7.45. The van der Waals surface area contributed by atoms with Crippen molar-refractivity contribution in [3.05, 3.63) is 11.3 Å². The van der Waals surface area contributed by atoms with Gasteiger partial charge in [0.25, 0.3) is 0 Å². The van der Waals surface area contributed by atoms with Gasteiger partial charge in [-0.25, -0.2) is 0 Å². The third-order valence-electron chi connectivity index (χ3n) is 3.25. The molecule has 1 aromatic heterocycles. The zero-order chi connectivity index (χ0) is 13.5. The van der Waals surface area contributed by atoms with Crippen molar-refractivity contribution < 1.29 is 5.11 Å². The minimum Gasteiger partial charge on any atom is -0.492 e. The number of aromatic nitrogens is 2. The van der Waals surface area contributed by atoms with Crippen LogP contribution in [-0.4, -0.2) is 14.9 Å². The van der Waals surface area contributed by atoms with Crippen molar-refractivity contribution in [3.63, 3.8) is 0 Å². The molecule has 0 saturated carbocycles. The summed E-state index contributed by atoms with van der Waals surface area (Å²) in [6.07, 6.45) is 6.52. The lowest BCUT2D eigenvalue weighted by atomic mass is 10.0. The van der Waals surface area contributed by atoms with Gasteiger partial charge in [-0.1, -0.05) is 40.5 Å². The van der Waals surface area contributed by atoms with Crippen LogP contribution in [0.5, 0.6) is 5.88 Å². The molecule has 3 heteroatoms. The fraction of sp³-hybridized carbons (Fsp3) is 0.800. The molecule has 1 rings (SSSR count). The van der Waals surface area contributed by atoms with Crippen LogP contribution in [0.4, 0.5) is 0 Å². The minimum atomic E-state index is 0.259. The van der Waals surface area contributed by atoms with E-state index >= 15 is 0 Å². The lowest BCUT2D eigenvalue weighted by Crippen LogP contribution is -2.09. The number of nitrogens with zero attached hydrogens (tertiary/aromatic N) is 2. The molecule has 18 heavy (non-hydrogen) atoms. The average Bonchev–Trinajstić information content (AvgIpc) is 2.60. The first-order chi connectivity index (χ1) is 8.60. The van der Waals surface area contributed by atoms with Gasteiger partial charge in [-0.2, -0.15) is 0 Å². The summed E-state index contributed by atoms with van der Waals surface area (Å²) >= 11 is 0. The van der Waals surface area contributed by atoms with Gasteiger partial charge in [0.15, 0.2) is 0 Å². The molecule has 3 nitrogen and oxygen atoms in total. The second-order valence-corrected chi connectivity index (χ2v) is 5.53. The molecule has 0 atom stereocenters. The number of aromatic hydroxyl groups is 1. The van der Waals surface area contributed by atoms with E-state index in [2.05, 4.69) is 32.8 Å². The van der Waals surface area contributed by atoms with Crippen LogP contribution in [0.1, 0.15) is 64.6 Å². The average molecular weight is 252 g/mol. The Morgan fingerprint density at radius 1 is 1.17 bits per heavy atom. The quantitative estimate of drug-likeness (QED) is 0.761. The summed E-state index contributed by atoms with van der Waals surface area (Å²) in [4.78, 5) is 0. The van der Waals surface area contributed by atoms with E-state index in [1.165, 1.54) is 5.69 Å². The van der Waals surface area contributed by atoms with Crippen molar-refractivity contribution in [3.8, 4) is 5.88 Å². The molecular weight excluding hydrogens is 224 g/mol. The Hall–Kier alpha value is -0.990. The van der Waals surface area contributed by atoms with Gasteiger partial charge in [0.05, 0.1) is 0 Å². The van der Waals surface area contributed by atoms with E-state index in [1.807, 2.05) is 4.68 Å². The topological polar surface area (TPSA) is 38.1 Å². The molecule has 0 aliphatic carbocycles. The summed E-state index contributed by atoms with van der Waals surface area (Å²) in [5.41, 5.74) is 2.34. The van der Waals surface area contributed by atoms with Gasteiger partial charge in [0.2, 0.25) is 5.88 Å². The maximum absolute atomic E-state index is 10.0. The van der Waals surface area contributed by atoms with Gasteiger partial charge < -0.3 is 5.11 Å². The number of hydrogen-bond donors (Lipinski definition) is 1. The largest absolute Gasteiger partial charge is 0.492 e. The van der Waals surface area contributed by atoms with Crippen molar-refractivity contribution in [2.45, 2.75) is 72.8 Å². The van der Waals surface area contributed by atoms with Crippen molar-refractivity contribution >= 4 is 0 Å². The predicted molar refractivity (Wildman–Crippen MR) is 76.0 cm³/mol. The van der Waals surface area contributed by atoms with Crippen LogP contribution in [0, 0.1) is 5.92 Å². The van der Waals surface area contributed by atoms with Crippen LogP contribution >= 0.6 is 0 Å². The lowest BCUT2D eigenvalue weighted by molar-refractivity contribution is 0.428. The molecule has 104 valence electrons. The van der Waals surface area contributed by atoms with Gasteiger partial charge in [-0.3, -0.25) is 4.68 Å². The fourth-order valence-corrected chi connectivity index (χ4v) is 2.24. The molecule has 0 aliphatic heterocycles. The van der Waals surface area contributed by atoms with E-state index < -0.39 is 0 Å². The molecule has 0 spiro atoms. The van der Waals surface area contributed by atoms with Crippen LogP contribution in [0.25, 0.3) is 0 Å². The van der Waals surface area contributed by atoms with Crippen LogP contribution in [0.15, 0.2) is 0 Å². The molecule has 1 heterocycles. The highest BCUT2D eigenvalue weighted by Gasteiger charge is 2.17. The summed E-state index contributed by atoms with van der Waals surface area (Å²) in [6, 6.07) is 0. The van der Waals surface area contributed by atoms with E-state index in [0.717, 1.165) is 50.6 Å². The summed E-state index contributed by atoms with van der Waals surface area (Å²) in [5, 5.41) is 14.3. The second-order valence-electron chi connectivity index (χ2n) is 5.53. The van der Waals surface area contributed by atoms with Gasteiger partial charge in [-0.05, 0) is 31.6 Å². The smallest absolute Gasteiger partial charge is 0.233 e. The minimum absolute atomic E-state index is 0.259. The zero-order valence-corrected chi connectivity index (χ0v) is 12.4. The first-order valence-corrected chi connectivity index (χ1v) is 7.37. The summed E-state index contributed by atoms with van der Waals surface area (Å²) < 4.78 is 2.03.